The second kappa shape index (κ2) is 3.49. The van der Waals surface area contributed by atoms with Crippen molar-refractivity contribution in [3.8, 4) is 0 Å². The van der Waals surface area contributed by atoms with Crippen molar-refractivity contribution in [1.82, 2.24) is 4.98 Å². The highest BCUT2D eigenvalue weighted by Gasteiger charge is 2.34. The van der Waals surface area contributed by atoms with E-state index in [1.807, 2.05) is 0 Å². The molecular weight excluding hydrogens is 250 g/mol. The van der Waals surface area contributed by atoms with Crippen molar-refractivity contribution in [2.45, 2.75) is 0 Å². The minimum atomic E-state index is -5.48. The Hall–Kier alpha value is -0.845. The molecule has 0 saturated carbocycles. The molecule has 0 spiro atoms. The van der Waals surface area contributed by atoms with Gasteiger partial charge < -0.3 is 17.7 Å². The Bertz CT molecular complexity index is 324. The van der Waals surface area contributed by atoms with E-state index in [9.17, 15) is 17.7 Å². The Morgan fingerprint density at radius 3 is 2.38 bits per heavy atom. The van der Waals surface area contributed by atoms with Gasteiger partial charge in [0.15, 0.2) is 0 Å². The van der Waals surface area contributed by atoms with Crippen molar-refractivity contribution in [3.63, 3.8) is 0 Å². The molecule has 0 N–H and O–H groups in total. The van der Waals surface area contributed by atoms with E-state index in [4.69, 9.17) is 0 Å². The summed E-state index contributed by atoms with van der Waals surface area (Å²) in [7, 11) is 0. The molecule has 13 heavy (non-hydrogen) atoms. The summed E-state index contributed by atoms with van der Waals surface area (Å²) >= 11 is 3.00. The highest BCUT2D eigenvalue weighted by atomic mass is 79.9. The molecule has 0 aliphatic carbocycles. The van der Waals surface area contributed by atoms with Crippen LogP contribution < -0.4 is 0 Å². The third kappa shape index (κ3) is 2.55. The topological polar surface area (TPSA) is 30.0 Å². The average molecular weight is 253 g/mol. The minimum absolute atomic E-state index is 0.527. The van der Waals surface area contributed by atoms with E-state index < -0.39 is 18.4 Å². The number of halogens is 4. The molecular formula is C6H3BBrF3NO-. The number of hydrogen-bond acceptors (Lipinski definition) is 2. The second-order valence-corrected chi connectivity index (χ2v) is 3.22. The molecule has 1 heterocycles. The van der Waals surface area contributed by atoms with Crippen LogP contribution in [0.25, 0.3) is 0 Å². The van der Waals surface area contributed by atoms with Crippen molar-refractivity contribution < 1.29 is 17.7 Å². The van der Waals surface area contributed by atoms with E-state index in [-0.39, 0.29) is 0 Å². The monoisotopic (exact) mass is 252 g/mol. The highest BCUT2D eigenvalue weighted by Crippen LogP contribution is 2.16. The summed E-state index contributed by atoms with van der Waals surface area (Å²) in [5, 5.41) is 0. The first-order valence-corrected chi connectivity index (χ1v) is 4.06. The molecule has 1 aromatic heterocycles. The number of pyridine rings is 1. The predicted octanol–water partition coefficient (Wildman–Crippen LogP) is 2.41. The number of carbonyl (C=O) groups is 1. The molecule has 70 valence electrons. The summed E-state index contributed by atoms with van der Waals surface area (Å²) in [6.07, 6.45) is 1.15. The first kappa shape index (κ1) is 10.2. The van der Waals surface area contributed by atoms with Gasteiger partial charge in [-0.2, -0.15) is 0 Å². The molecule has 2 nitrogen and oxygen atoms in total. The lowest BCUT2D eigenvalue weighted by atomic mass is 9.82. The second-order valence-electron chi connectivity index (χ2n) is 2.30. The first-order valence-electron chi connectivity index (χ1n) is 3.27. The van der Waals surface area contributed by atoms with Gasteiger partial charge >= 0.3 is 6.98 Å². The Kier molecular flexibility index (Phi) is 2.75. The van der Waals surface area contributed by atoms with Gasteiger partial charge in [0.05, 0.1) is 5.69 Å². The van der Waals surface area contributed by atoms with Gasteiger partial charge in [-0.05, 0) is 28.1 Å². The molecule has 0 bridgehead atoms. The summed E-state index contributed by atoms with van der Waals surface area (Å²) in [6, 6.07) is 2.36. The normalized spacial score (nSPS) is 11.4. The Morgan fingerprint density at radius 1 is 1.38 bits per heavy atom. The zero-order valence-corrected chi connectivity index (χ0v) is 7.76. The van der Waals surface area contributed by atoms with Crippen LogP contribution >= 0.6 is 15.9 Å². The van der Waals surface area contributed by atoms with Gasteiger partial charge in [-0.3, -0.25) is 4.98 Å². The van der Waals surface area contributed by atoms with Crippen LogP contribution in [0.2, 0.25) is 0 Å². The SMILES string of the molecule is O=C(c1ccc(Br)cn1)[B-](F)(F)F. The number of rotatable bonds is 2. The maximum atomic E-state index is 11.9. The molecule has 0 saturated heterocycles. The van der Waals surface area contributed by atoms with Crippen LogP contribution in [-0.4, -0.2) is 17.6 Å². The van der Waals surface area contributed by atoms with Gasteiger partial charge in [-0.25, -0.2) is 0 Å². The molecule has 0 aliphatic heterocycles. The number of aromatic nitrogens is 1. The largest absolute Gasteiger partial charge is 0.551 e. The van der Waals surface area contributed by atoms with Crippen LogP contribution in [0, 0.1) is 0 Å². The summed E-state index contributed by atoms with van der Waals surface area (Å²) in [4.78, 5) is 13.9. The van der Waals surface area contributed by atoms with Gasteiger partial charge in [0.2, 0.25) is 0 Å². The first-order chi connectivity index (χ1) is 5.91. The average Bonchev–Trinajstić information content (AvgIpc) is 2.03. The zero-order valence-electron chi connectivity index (χ0n) is 6.18. The fraction of sp³-hybridized carbons (Fsp3) is 0. The van der Waals surface area contributed by atoms with E-state index >= 15 is 0 Å². The van der Waals surface area contributed by atoms with Gasteiger partial charge in [-0.1, -0.05) is 0 Å². The summed E-state index contributed by atoms with van der Waals surface area (Å²) in [5.74, 6) is 0. The maximum Gasteiger partial charge on any atom is 0.551 e. The maximum absolute atomic E-state index is 11.9. The lowest BCUT2D eigenvalue weighted by molar-refractivity contribution is 0.102. The molecule has 1 rings (SSSR count). The van der Waals surface area contributed by atoms with E-state index in [0.717, 1.165) is 12.3 Å². The van der Waals surface area contributed by atoms with Crippen LogP contribution in [0.1, 0.15) is 10.5 Å². The van der Waals surface area contributed by atoms with Gasteiger partial charge in [-0.15, -0.1) is 0 Å². The molecule has 0 aliphatic rings. The van der Waals surface area contributed by atoms with Crippen molar-refractivity contribution in [3.05, 3.63) is 28.5 Å². The number of hydrogen-bond donors (Lipinski definition) is 0. The number of carbonyl (C=O) groups excluding carboxylic acids is 1. The predicted molar refractivity (Wildman–Crippen MR) is 45.3 cm³/mol. The molecule has 7 heteroatoms. The standard InChI is InChI=1S/C6H3BBrF3NO/c8-4-1-2-5(12-3-4)6(13)7(9,10)11/h1-3H/q-1. The Labute approximate surface area is 80.3 Å². The Balaban J connectivity index is 2.97. The van der Waals surface area contributed by atoms with Gasteiger partial charge in [0, 0.05) is 10.7 Å². The highest BCUT2D eigenvalue weighted by molar-refractivity contribution is 9.10. The van der Waals surface area contributed by atoms with E-state index in [2.05, 4.69) is 20.9 Å². The van der Waals surface area contributed by atoms with Crippen LogP contribution in [0.4, 0.5) is 12.9 Å². The third-order valence-corrected chi connectivity index (χ3v) is 1.75. The summed E-state index contributed by atoms with van der Waals surface area (Å²) < 4.78 is 36.2. The van der Waals surface area contributed by atoms with Crippen molar-refractivity contribution in [2.75, 3.05) is 0 Å². The summed E-state index contributed by atoms with van der Waals surface area (Å²) in [6.45, 7) is -5.48. The fourth-order valence-electron chi connectivity index (χ4n) is 0.689. The number of nitrogens with zero attached hydrogens (tertiary/aromatic N) is 1. The van der Waals surface area contributed by atoms with Gasteiger partial charge in [0.25, 0.3) is 0 Å². The smallest absolute Gasteiger partial charge is 0.443 e. The Morgan fingerprint density at radius 2 is 2.00 bits per heavy atom. The van der Waals surface area contributed by atoms with E-state index in [1.165, 1.54) is 6.07 Å². The van der Waals surface area contributed by atoms with E-state index in [0.29, 0.717) is 4.47 Å². The molecule has 0 atom stereocenters. The van der Waals surface area contributed by atoms with Crippen molar-refractivity contribution >= 4 is 28.6 Å². The molecule has 0 aromatic carbocycles. The molecule has 0 radical (unpaired) electrons. The van der Waals surface area contributed by atoms with Crippen LogP contribution in [-0.2, 0) is 0 Å². The van der Waals surface area contributed by atoms with Crippen LogP contribution in [0.5, 0.6) is 0 Å². The van der Waals surface area contributed by atoms with Crippen LogP contribution in [0.15, 0.2) is 22.8 Å². The minimum Gasteiger partial charge on any atom is -0.443 e. The quantitative estimate of drug-likeness (QED) is 0.757. The third-order valence-electron chi connectivity index (χ3n) is 1.28. The van der Waals surface area contributed by atoms with Crippen molar-refractivity contribution in [2.24, 2.45) is 0 Å². The molecule has 0 unspecified atom stereocenters. The lowest BCUT2D eigenvalue weighted by Gasteiger charge is -2.11. The molecule has 1 aromatic rings. The molecule has 0 fully saturated rings. The van der Waals surface area contributed by atoms with E-state index in [1.54, 1.807) is 0 Å². The fourth-order valence-corrected chi connectivity index (χ4v) is 0.924. The molecule has 0 amide bonds. The zero-order chi connectivity index (χ0) is 10.1. The van der Waals surface area contributed by atoms with Gasteiger partial charge in [0.1, 0.15) is 5.68 Å². The van der Waals surface area contributed by atoms with Crippen LogP contribution in [0.3, 0.4) is 0 Å². The van der Waals surface area contributed by atoms with Crippen molar-refractivity contribution in [1.29, 1.82) is 0 Å². The summed E-state index contributed by atoms with van der Waals surface area (Å²) in [5.41, 5.74) is -2.44. The lowest BCUT2D eigenvalue weighted by Crippen LogP contribution is -2.30.